The largest absolute Gasteiger partial charge is 0.417 e. The lowest BCUT2D eigenvalue weighted by Crippen LogP contribution is -2.60. The Balaban J connectivity index is 1.52. The lowest BCUT2D eigenvalue weighted by atomic mass is 10.1. The van der Waals surface area contributed by atoms with Gasteiger partial charge < -0.3 is 24.2 Å². The van der Waals surface area contributed by atoms with E-state index in [-0.39, 0.29) is 18.7 Å². The van der Waals surface area contributed by atoms with Crippen LogP contribution in [0.25, 0.3) is 0 Å². The topological polar surface area (TPSA) is 69.0 Å². The van der Waals surface area contributed by atoms with Gasteiger partial charge in [-0.25, -0.2) is 4.79 Å². The molecule has 7 nitrogen and oxygen atoms in total. The highest BCUT2D eigenvalue weighted by Crippen LogP contribution is 2.35. The molecule has 2 fully saturated rings. The first-order valence-electron chi connectivity index (χ1n) is 11.5. The van der Waals surface area contributed by atoms with E-state index in [1.165, 1.54) is 12.1 Å². The molecule has 2 aliphatic rings. The molecule has 2 saturated heterocycles. The molecule has 0 aliphatic carbocycles. The zero-order chi connectivity index (χ0) is 24.8. The first kappa shape index (κ1) is 24.8. The van der Waals surface area contributed by atoms with Crippen LogP contribution in [0.5, 0.6) is 0 Å². The van der Waals surface area contributed by atoms with Crippen molar-refractivity contribution in [3.8, 4) is 6.07 Å². The van der Waals surface area contributed by atoms with E-state index in [2.05, 4.69) is 0 Å². The Morgan fingerprint density at radius 3 is 2.51 bits per heavy atom. The van der Waals surface area contributed by atoms with Crippen molar-refractivity contribution < 1.29 is 27.4 Å². The SMILES string of the molecule is N#Cc1ccc(N2CCN(C(=O)N3CCOCC3)C(COCc3ccccc3)C2)cc1C(F)(F)F. The van der Waals surface area contributed by atoms with Crippen LogP contribution in [0.3, 0.4) is 0 Å². The van der Waals surface area contributed by atoms with Gasteiger partial charge in [0, 0.05) is 38.4 Å². The van der Waals surface area contributed by atoms with Crippen LogP contribution < -0.4 is 4.90 Å². The highest BCUT2D eigenvalue weighted by molar-refractivity contribution is 5.75. The molecule has 0 aromatic heterocycles. The summed E-state index contributed by atoms with van der Waals surface area (Å²) in [6.45, 7) is 3.59. The Morgan fingerprint density at radius 1 is 1.09 bits per heavy atom. The van der Waals surface area contributed by atoms with Crippen LogP contribution >= 0.6 is 0 Å². The Labute approximate surface area is 202 Å². The van der Waals surface area contributed by atoms with E-state index >= 15 is 0 Å². The van der Waals surface area contributed by atoms with Gasteiger partial charge in [0.1, 0.15) is 0 Å². The van der Waals surface area contributed by atoms with Gasteiger partial charge >= 0.3 is 12.2 Å². The molecule has 0 radical (unpaired) electrons. The maximum absolute atomic E-state index is 13.5. The lowest BCUT2D eigenvalue weighted by Gasteiger charge is -2.44. The molecular weight excluding hydrogens is 461 g/mol. The Hall–Kier alpha value is -3.29. The van der Waals surface area contributed by atoms with Crippen molar-refractivity contribution in [2.75, 3.05) is 57.4 Å². The van der Waals surface area contributed by atoms with Crippen molar-refractivity contribution in [2.45, 2.75) is 18.8 Å². The Bertz CT molecular complexity index is 1050. The van der Waals surface area contributed by atoms with Crippen molar-refractivity contribution in [1.29, 1.82) is 5.26 Å². The van der Waals surface area contributed by atoms with Gasteiger partial charge in [0.15, 0.2) is 0 Å². The van der Waals surface area contributed by atoms with Crippen molar-refractivity contribution in [3.05, 3.63) is 65.2 Å². The summed E-state index contributed by atoms with van der Waals surface area (Å²) in [6.07, 6.45) is -4.63. The smallest absolute Gasteiger partial charge is 0.378 e. The second kappa shape index (κ2) is 11.0. The molecule has 2 aliphatic heterocycles. The molecule has 10 heteroatoms. The fraction of sp³-hybridized carbons (Fsp3) is 0.440. The number of amides is 2. The molecule has 0 spiro atoms. The molecule has 35 heavy (non-hydrogen) atoms. The van der Waals surface area contributed by atoms with Gasteiger partial charge in [0.2, 0.25) is 0 Å². The van der Waals surface area contributed by atoms with E-state index in [1.54, 1.807) is 15.9 Å². The van der Waals surface area contributed by atoms with Crippen LogP contribution in [0.4, 0.5) is 23.7 Å². The summed E-state index contributed by atoms with van der Waals surface area (Å²) in [7, 11) is 0. The highest BCUT2D eigenvalue weighted by Gasteiger charge is 2.37. The van der Waals surface area contributed by atoms with Crippen LogP contribution in [0.2, 0.25) is 0 Å². The number of carbonyl (C=O) groups excluding carboxylic acids is 1. The Morgan fingerprint density at radius 2 is 1.83 bits per heavy atom. The first-order valence-corrected chi connectivity index (χ1v) is 11.5. The minimum atomic E-state index is -4.63. The summed E-state index contributed by atoms with van der Waals surface area (Å²) in [5, 5.41) is 9.10. The van der Waals surface area contributed by atoms with Crippen LogP contribution in [0.1, 0.15) is 16.7 Å². The molecule has 1 unspecified atom stereocenters. The number of nitrogens with zero attached hydrogens (tertiary/aromatic N) is 4. The van der Waals surface area contributed by atoms with Crippen LogP contribution in [-0.2, 0) is 22.3 Å². The number of ether oxygens (including phenoxy) is 2. The number of rotatable bonds is 5. The number of benzene rings is 2. The van der Waals surface area contributed by atoms with Gasteiger partial charge in [-0.2, -0.15) is 18.4 Å². The monoisotopic (exact) mass is 488 g/mol. The van der Waals surface area contributed by atoms with Crippen LogP contribution in [0, 0.1) is 11.3 Å². The number of nitriles is 1. The summed E-state index contributed by atoms with van der Waals surface area (Å²) in [5.74, 6) is 0. The number of morpholine rings is 1. The number of alkyl halides is 3. The van der Waals surface area contributed by atoms with Gasteiger partial charge in [0.05, 0.1) is 49.7 Å². The fourth-order valence-corrected chi connectivity index (χ4v) is 4.37. The summed E-state index contributed by atoms with van der Waals surface area (Å²) in [6, 6.07) is 14.5. The van der Waals surface area contributed by atoms with E-state index in [4.69, 9.17) is 14.7 Å². The van der Waals surface area contributed by atoms with Crippen LogP contribution in [0.15, 0.2) is 48.5 Å². The molecule has 2 aromatic carbocycles. The van der Waals surface area contributed by atoms with Crippen molar-refractivity contribution in [3.63, 3.8) is 0 Å². The van der Waals surface area contributed by atoms with Crippen molar-refractivity contribution >= 4 is 11.7 Å². The third-order valence-electron chi connectivity index (χ3n) is 6.23. The second-order valence-electron chi connectivity index (χ2n) is 8.52. The van der Waals surface area contributed by atoms with Gasteiger partial charge in [-0.1, -0.05) is 30.3 Å². The lowest BCUT2D eigenvalue weighted by molar-refractivity contribution is -0.137. The summed E-state index contributed by atoms with van der Waals surface area (Å²) < 4.78 is 51.8. The molecule has 1 atom stereocenters. The molecule has 0 bridgehead atoms. The molecule has 0 N–H and O–H groups in total. The zero-order valence-electron chi connectivity index (χ0n) is 19.2. The number of carbonyl (C=O) groups is 1. The normalized spacial score (nSPS) is 18.9. The average molecular weight is 489 g/mol. The summed E-state index contributed by atoms with van der Waals surface area (Å²) in [4.78, 5) is 18.6. The van der Waals surface area contributed by atoms with Crippen LogP contribution in [-0.4, -0.2) is 74.4 Å². The maximum Gasteiger partial charge on any atom is 0.417 e. The van der Waals surface area contributed by atoms with Crippen molar-refractivity contribution in [1.82, 2.24) is 9.80 Å². The Kier molecular flexibility index (Phi) is 7.78. The standard InChI is InChI=1S/C25H27F3N4O3/c26-25(27,28)23-14-21(7-6-20(23)15-29)31-8-9-32(24(33)30-10-12-34-13-11-30)22(16-31)18-35-17-19-4-2-1-3-5-19/h1-7,14,22H,8-13,16-18H2. The number of halogens is 3. The molecule has 2 heterocycles. The molecule has 186 valence electrons. The molecule has 0 saturated carbocycles. The predicted molar refractivity (Wildman–Crippen MR) is 123 cm³/mol. The first-order chi connectivity index (χ1) is 16.9. The number of urea groups is 1. The number of hydrogen-bond acceptors (Lipinski definition) is 5. The zero-order valence-corrected chi connectivity index (χ0v) is 19.2. The molecule has 2 amide bonds. The second-order valence-corrected chi connectivity index (χ2v) is 8.52. The number of hydrogen-bond donors (Lipinski definition) is 0. The highest BCUT2D eigenvalue weighted by atomic mass is 19.4. The van der Waals surface area contributed by atoms with Gasteiger partial charge in [0.25, 0.3) is 0 Å². The minimum Gasteiger partial charge on any atom is -0.378 e. The van der Waals surface area contributed by atoms with Crippen molar-refractivity contribution in [2.24, 2.45) is 0 Å². The quantitative estimate of drug-likeness (QED) is 0.642. The summed E-state index contributed by atoms with van der Waals surface area (Å²) in [5.41, 5.74) is -0.0117. The van der Waals surface area contributed by atoms with E-state index in [9.17, 15) is 18.0 Å². The van der Waals surface area contributed by atoms with E-state index in [0.717, 1.165) is 11.6 Å². The predicted octanol–water partition coefficient (Wildman–Crippen LogP) is 3.74. The molecule has 4 rings (SSSR count). The third-order valence-corrected chi connectivity index (χ3v) is 6.23. The maximum atomic E-state index is 13.5. The van der Waals surface area contributed by atoms with Gasteiger partial charge in [-0.05, 0) is 23.8 Å². The van der Waals surface area contributed by atoms with Gasteiger partial charge in [-0.3, -0.25) is 0 Å². The molecule has 2 aromatic rings. The van der Waals surface area contributed by atoms with Gasteiger partial charge in [-0.15, -0.1) is 0 Å². The minimum absolute atomic E-state index is 0.114. The van der Waals surface area contributed by atoms with E-state index in [1.807, 2.05) is 35.2 Å². The average Bonchev–Trinajstić information content (AvgIpc) is 2.88. The van der Waals surface area contributed by atoms with E-state index < -0.39 is 17.3 Å². The third kappa shape index (κ3) is 6.05. The number of piperazine rings is 1. The summed E-state index contributed by atoms with van der Waals surface area (Å²) >= 11 is 0. The molecular formula is C25H27F3N4O3. The fourth-order valence-electron chi connectivity index (χ4n) is 4.37. The number of anilines is 1. The van der Waals surface area contributed by atoms with E-state index in [0.29, 0.717) is 58.2 Å².